The lowest BCUT2D eigenvalue weighted by molar-refractivity contribution is 0.184. The fourth-order valence-corrected chi connectivity index (χ4v) is 2.29. The fourth-order valence-electron chi connectivity index (χ4n) is 2.29. The number of aliphatic hydroxyl groups excluding tert-OH is 1. The molecule has 1 N–H and O–H groups in total. The Kier molecular flexibility index (Phi) is 3.01. The summed E-state index contributed by atoms with van der Waals surface area (Å²) in [4.78, 5) is 2.48. The van der Waals surface area contributed by atoms with Crippen molar-refractivity contribution in [3.8, 4) is 0 Å². The molecule has 1 saturated heterocycles. The third-order valence-electron chi connectivity index (χ3n) is 3.13. The predicted octanol–water partition coefficient (Wildman–Crippen LogP) is 1.55. The van der Waals surface area contributed by atoms with Crippen LogP contribution in [0.15, 0.2) is 11.6 Å². The average molecular weight is 181 g/mol. The maximum atomic E-state index is 9.62. The van der Waals surface area contributed by atoms with Crippen molar-refractivity contribution < 1.29 is 5.11 Å². The van der Waals surface area contributed by atoms with Crippen LogP contribution in [-0.2, 0) is 0 Å². The summed E-state index contributed by atoms with van der Waals surface area (Å²) in [6.45, 7) is 3.47. The molecule has 1 aliphatic heterocycles. The minimum absolute atomic E-state index is 0.137. The topological polar surface area (TPSA) is 23.5 Å². The van der Waals surface area contributed by atoms with E-state index >= 15 is 0 Å². The van der Waals surface area contributed by atoms with E-state index in [-0.39, 0.29) is 6.10 Å². The third kappa shape index (κ3) is 2.32. The molecule has 0 bridgehead atoms. The molecule has 1 unspecified atom stereocenters. The molecule has 0 radical (unpaired) electrons. The van der Waals surface area contributed by atoms with Gasteiger partial charge in [0.1, 0.15) is 0 Å². The Balaban J connectivity index is 1.82. The van der Waals surface area contributed by atoms with Crippen molar-refractivity contribution >= 4 is 0 Å². The second-order valence-corrected chi connectivity index (χ2v) is 4.21. The van der Waals surface area contributed by atoms with Crippen LogP contribution in [0.3, 0.4) is 0 Å². The third-order valence-corrected chi connectivity index (χ3v) is 3.13. The number of hydrogen-bond donors (Lipinski definition) is 1. The van der Waals surface area contributed by atoms with Gasteiger partial charge < -0.3 is 5.11 Å². The predicted molar refractivity (Wildman–Crippen MR) is 53.6 cm³/mol. The van der Waals surface area contributed by atoms with E-state index in [2.05, 4.69) is 11.0 Å². The highest BCUT2D eigenvalue weighted by Crippen LogP contribution is 2.21. The zero-order valence-electron chi connectivity index (χ0n) is 8.21. The molecule has 2 rings (SSSR count). The summed E-state index contributed by atoms with van der Waals surface area (Å²) in [5, 5.41) is 9.62. The molecule has 0 amide bonds. The van der Waals surface area contributed by atoms with Gasteiger partial charge in [0.2, 0.25) is 0 Å². The van der Waals surface area contributed by atoms with Crippen LogP contribution in [0.5, 0.6) is 0 Å². The van der Waals surface area contributed by atoms with Crippen molar-refractivity contribution in [1.82, 2.24) is 4.90 Å². The molecule has 1 atom stereocenters. The number of aliphatic hydroxyl groups is 1. The molecule has 1 fully saturated rings. The van der Waals surface area contributed by atoms with Crippen molar-refractivity contribution in [3.63, 3.8) is 0 Å². The first-order chi connectivity index (χ1) is 6.36. The Labute approximate surface area is 80.2 Å². The van der Waals surface area contributed by atoms with E-state index in [0.717, 1.165) is 19.4 Å². The van der Waals surface area contributed by atoms with Crippen LogP contribution >= 0.6 is 0 Å². The molecule has 13 heavy (non-hydrogen) atoms. The second-order valence-electron chi connectivity index (χ2n) is 4.21. The normalized spacial score (nSPS) is 30.5. The van der Waals surface area contributed by atoms with Gasteiger partial charge in [-0.25, -0.2) is 0 Å². The maximum absolute atomic E-state index is 9.62. The van der Waals surface area contributed by atoms with E-state index in [1.165, 1.54) is 37.9 Å². The van der Waals surface area contributed by atoms with E-state index in [1.54, 1.807) is 0 Å². The van der Waals surface area contributed by atoms with Gasteiger partial charge >= 0.3 is 0 Å². The van der Waals surface area contributed by atoms with Gasteiger partial charge in [-0.1, -0.05) is 12.5 Å². The van der Waals surface area contributed by atoms with E-state index in [9.17, 15) is 5.11 Å². The van der Waals surface area contributed by atoms with Crippen LogP contribution in [0.1, 0.15) is 32.1 Å². The van der Waals surface area contributed by atoms with E-state index in [0.29, 0.717) is 0 Å². The molecule has 2 heteroatoms. The summed E-state index contributed by atoms with van der Waals surface area (Å²) in [6.07, 6.45) is 8.17. The van der Waals surface area contributed by atoms with Gasteiger partial charge in [-0.15, -0.1) is 0 Å². The SMILES string of the molecule is OC1CCC=C1CN1CCCCC1. The molecule has 1 heterocycles. The summed E-state index contributed by atoms with van der Waals surface area (Å²) in [5.41, 5.74) is 1.27. The summed E-state index contributed by atoms with van der Waals surface area (Å²) in [6, 6.07) is 0. The quantitative estimate of drug-likeness (QED) is 0.653. The first-order valence-corrected chi connectivity index (χ1v) is 5.45. The van der Waals surface area contributed by atoms with Gasteiger partial charge in [-0.3, -0.25) is 4.90 Å². The standard InChI is InChI=1S/C11H19NO/c13-11-6-4-5-10(11)9-12-7-2-1-3-8-12/h5,11,13H,1-4,6-9H2. The average Bonchev–Trinajstić information content (AvgIpc) is 2.54. The molecule has 2 aliphatic rings. The van der Waals surface area contributed by atoms with E-state index < -0.39 is 0 Å². The van der Waals surface area contributed by atoms with Gasteiger partial charge in [-0.05, 0) is 44.3 Å². The minimum atomic E-state index is -0.137. The van der Waals surface area contributed by atoms with Crippen LogP contribution in [0.4, 0.5) is 0 Å². The number of rotatable bonds is 2. The van der Waals surface area contributed by atoms with Crippen molar-refractivity contribution in [3.05, 3.63) is 11.6 Å². The molecule has 0 aromatic rings. The van der Waals surface area contributed by atoms with Gasteiger partial charge in [0, 0.05) is 6.54 Å². The first-order valence-electron chi connectivity index (χ1n) is 5.45. The highest BCUT2D eigenvalue weighted by atomic mass is 16.3. The molecular formula is C11H19NO. The van der Waals surface area contributed by atoms with Crippen LogP contribution in [0, 0.1) is 0 Å². The molecule has 0 aromatic heterocycles. The molecule has 2 nitrogen and oxygen atoms in total. The zero-order chi connectivity index (χ0) is 9.10. The van der Waals surface area contributed by atoms with Crippen LogP contribution in [-0.4, -0.2) is 35.7 Å². The minimum Gasteiger partial charge on any atom is -0.389 e. The Morgan fingerprint density at radius 1 is 1.31 bits per heavy atom. The van der Waals surface area contributed by atoms with Crippen molar-refractivity contribution in [2.45, 2.75) is 38.2 Å². The molecule has 0 spiro atoms. The van der Waals surface area contributed by atoms with Crippen molar-refractivity contribution in [1.29, 1.82) is 0 Å². The molecule has 74 valence electrons. The van der Waals surface area contributed by atoms with Crippen LogP contribution < -0.4 is 0 Å². The Hall–Kier alpha value is -0.340. The van der Waals surface area contributed by atoms with Crippen molar-refractivity contribution in [2.24, 2.45) is 0 Å². The maximum Gasteiger partial charge on any atom is 0.0765 e. The zero-order valence-corrected chi connectivity index (χ0v) is 8.21. The van der Waals surface area contributed by atoms with Crippen molar-refractivity contribution in [2.75, 3.05) is 19.6 Å². The Morgan fingerprint density at radius 2 is 2.08 bits per heavy atom. The number of hydrogen-bond acceptors (Lipinski definition) is 2. The van der Waals surface area contributed by atoms with Gasteiger partial charge in [0.05, 0.1) is 6.10 Å². The lowest BCUT2D eigenvalue weighted by Gasteiger charge is -2.27. The fraction of sp³-hybridized carbons (Fsp3) is 0.818. The molecule has 0 saturated carbocycles. The van der Waals surface area contributed by atoms with Gasteiger partial charge in [-0.2, -0.15) is 0 Å². The highest BCUT2D eigenvalue weighted by Gasteiger charge is 2.19. The van der Waals surface area contributed by atoms with Gasteiger partial charge in [0.15, 0.2) is 0 Å². The number of piperidine rings is 1. The number of nitrogens with zero attached hydrogens (tertiary/aromatic N) is 1. The summed E-state index contributed by atoms with van der Waals surface area (Å²) >= 11 is 0. The smallest absolute Gasteiger partial charge is 0.0765 e. The van der Waals surface area contributed by atoms with Gasteiger partial charge in [0.25, 0.3) is 0 Å². The van der Waals surface area contributed by atoms with E-state index in [4.69, 9.17) is 0 Å². The monoisotopic (exact) mass is 181 g/mol. The van der Waals surface area contributed by atoms with Crippen LogP contribution in [0.2, 0.25) is 0 Å². The summed E-state index contributed by atoms with van der Waals surface area (Å²) < 4.78 is 0. The molecule has 0 aromatic carbocycles. The highest BCUT2D eigenvalue weighted by molar-refractivity contribution is 5.15. The lowest BCUT2D eigenvalue weighted by atomic mass is 10.1. The van der Waals surface area contributed by atoms with Crippen LogP contribution in [0.25, 0.3) is 0 Å². The number of allylic oxidation sites excluding steroid dienone is 1. The Bertz CT molecular complexity index is 194. The largest absolute Gasteiger partial charge is 0.389 e. The number of likely N-dealkylation sites (tertiary alicyclic amines) is 1. The second kappa shape index (κ2) is 4.25. The van der Waals surface area contributed by atoms with E-state index in [1.807, 2.05) is 0 Å². The molecule has 1 aliphatic carbocycles. The summed E-state index contributed by atoms with van der Waals surface area (Å²) in [5.74, 6) is 0. The summed E-state index contributed by atoms with van der Waals surface area (Å²) in [7, 11) is 0. The lowest BCUT2D eigenvalue weighted by Crippen LogP contribution is -2.33. The molecular weight excluding hydrogens is 162 g/mol. The Morgan fingerprint density at radius 3 is 2.69 bits per heavy atom. The first kappa shape index (κ1) is 9.22.